The number of nitrogens with zero attached hydrogens (tertiary/aromatic N) is 4. The normalized spacial score (nSPS) is 19.8. The number of piperidine rings is 1. The maximum absolute atomic E-state index is 12.7. The van der Waals surface area contributed by atoms with E-state index in [1.165, 1.54) is 17.5 Å². The molecule has 0 saturated carbocycles. The average Bonchev–Trinajstić information content (AvgIpc) is 3.10. The molecule has 1 fully saturated rings. The van der Waals surface area contributed by atoms with Crippen molar-refractivity contribution in [2.75, 3.05) is 32.8 Å². The molecule has 1 N–H and O–H groups in total. The molecule has 1 amide bonds. The molecular weight excluding hydrogens is 394 g/mol. The van der Waals surface area contributed by atoms with Crippen LogP contribution in [0.1, 0.15) is 50.1 Å². The first-order valence-electron chi connectivity index (χ1n) is 11.4. The zero-order valence-electron chi connectivity index (χ0n) is 18.3. The van der Waals surface area contributed by atoms with Crippen molar-refractivity contribution in [1.82, 2.24) is 24.6 Å². The summed E-state index contributed by atoms with van der Waals surface area (Å²) in [5.41, 5.74) is 0.863. The summed E-state index contributed by atoms with van der Waals surface area (Å²) in [4.78, 5) is 27.7. The Morgan fingerprint density at radius 3 is 2.74 bits per heavy atom. The van der Waals surface area contributed by atoms with Gasteiger partial charge in [-0.15, -0.1) is 0 Å². The Kier molecular flexibility index (Phi) is 7.19. The molecule has 168 valence electrons. The summed E-state index contributed by atoms with van der Waals surface area (Å²) in [6.45, 7) is 7.61. The van der Waals surface area contributed by atoms with Crippen molar-refractivity contribution in [2.45, 2.75) is 51.8 Å². The van der Waals surface area contributed by atoms with Crippen LogP contribution >= 0.6 is 0 Å². The van der Waals surface area contributed by atoms with Crippen LogP contribution in [-0.2, 0) is 22.6 Å². The second-order valence-corrected chi connectivity index (χ2v) is 8.73. The van der Waals surface area contributed by atoms with Gasteiger partial charge in [0.25, 0.3) is 0 Å². The third-order valence-corrected chi connectivity index (χ3v) is 6.27. The number of hydrogen-bond acceptors (Lipinski definition) is 5. The summed E-state index contributed by atoms with van der Waals surface area (Å²) in [5.74, 6) is 1.32. The summed E-state index contributed by atoms with van der Waals surface area (Å²) in [5, 5.41) is 7.50. The van der Waals surface area contributed by atoms with Gasteiger partial charge in [-0.05, 0) is 50.4 Å². The monoisotopic (exact) mass is 427 g/mol. The molecule has 31 heavy (non-hydrogen) atoms. The Balaban J connectivity index is 1.28. The molecule has 1 aromatic heterocycles. The van der Waals surface area contributed by atoms with E-state index in [2.05, 4.69) is 22.2 Å². The first-order valence-corrected chi connectivity index (χ1v) is 11.4. The number of fused-ring (bicyclic) bond motifs is 1. The highest BCUT2D eigenvalue weighted by Gasteiger charge is 2.28. The molecule has 3 heterocycles. The van der Waals surface area contributed by atoms with Crippen molar-refractivity contribution < 1.29 is 9.53 Å². The SMILES string of the molecule is CC1CCN(CCCNC(=O)CC2OCCn3c2nn(Cc2ccccc2)c3=O)CC1. The number of carbonyl (C=O) groups excluding carboxylic acids is 1. The minimum absolute atomic E-state index is 0.0595. The highest BCUT2D eigenvalue weighted by Crippen LogP contribution is 2.22. The number of carbonyl (C=O) groups is 1. The Hall–Kier alpha value is -2.45. The summed E-state index contributed by atoms with van der Waals surface area (Å²) in [6, 6.07) is 9.77. The molecule has 4 rings (SSSR count). The molecule has 0 radical (unpaired) electrons. The largest absolute Gasteiger partial charge is 0.368 e. The van der Waals surface area contributed by atoms with Gasteiger partial charge in [0.1, 0.15) is 6.10 Å². The van der Waals surface area contributed by atoms with Gasteiger partial charge in [0, 0.05) is 6.54 Å². The summed E-state index contributed by atoms with van der Waals surface area (Å²) >= 11 is 0. The van der Waals surface area contributed by atoms with Crippen molar-refractivity contribution in [3.05, 3.63) is 52.2 Å². The molecule has 1 unspecified atom stereocenters. The number of ether oxygens (including phenoxy) is 1. The zero-order valence-corrected chi connectivity index (χ0v) is 18.3. The van der Waals surface area contributed by atoms with E-state index < -0.39 is 6.10 Å². The smallest absolute Gasteiger partial charge is 0.346 e. The van der Waals surface area contributed by atoms with Gasteiger partial charge in [-0.3, -0.25) is 9.36 Å². The van der Waals surface area contributed by atoms with Crippen molar-refractivity contribution in [3.63, 3.8) is 0 Å². The van der Waals surface area contributed by atoms with E-state index in [1.54, 1.807) is 4.57 Å². The molecule has 1 atom stereocenters. The molecular formula is C23H33N5O3. The number of hydrogen-bond donors (Lipinski definition) is 1. The summed E-state index contributed by atoms with van der Waals surface area (Å²) in [7, 11) is 0. The molecule has 0 bridgehead atoms. The van der Waals surface area contributed by atoms with Gasteiger partial charge in [0.15, 0.2) is 5.82 Å². The molecule has 8 heteroatoms. The first-order chi connectivity index (χ1) is 15.1. The number of rotatable bonds is 8. The summed E-state index contributed by atoms with van der Waals surface area (Å²) in [6.07, 6.45) is 3.18. The van der Waals surface area contributed by atoms with Crippen LogP contribution < -0.4 is 11.0 Å². The lowest BCUT2D eigenvalue weighted by Gasteiger charge is -2.30. The Labute approximate surface area is 183 Å². The fourth-order valence-electron chi connectivity index (χ4n) is 4.33. The van der Waals surface area contributed by atoms with Gasteiger partial charge in [0.05, 0.1) is 26.1 Å². The van der Waals surface area contributed by atoms with Gasteiger partial charge >= 0.3 is 5.69 Å². The third-order valence-electron chi connectivity index (χ3n) is 6.27. The van der Waals surface area contributed by atoms with Gasteiger partial charge in [-0.1, -0.05) is 37.3 Å². The molecule has 2 aliphatic rings. The van der Waals surface area contributed by atoms with E-state index in [0.29, 0.717) is 32.1 Å². The molecule has 2 aliphatic heterocycles. The highest BCUT2D eigenvalue weighted by atomic mass is 16.5. The third kappa shape index (κ3) is 5.62. The van der Waals surface area contributed by atoms with E-state index >= 15 is 0 Å². The molecule has 0 spiro atoms. The fraction of sp³-hybridized carbons (Fsp3) is 0.609. The first kappa shape index (κ1) is 21.8. The van der Waals surface area contributed by atoms with Crippen LogP contribution in [0, 0.1) is 5.92 Å². The Bertz CT molecular complexity index is 915. The number of benzene rings is 1. The van der Waals surface area contributed by atoms with Crippen LogP contribution in [0.3, 0.4) is 0 Å². The number of amides is 1. The lowest BCUT2D eigenvalue weighted by Crippen LogP contribution is -2.36. The van der Waals surface area contributed by atoms with Crippen molar-refractivity contribution in [1.29, 1.82) is 0 Å². The van der Waals surface area contributed by atoms with Crippen molar-refractivity contribution >= 4 is 5.91 Å². The average molecular weight is 428 g/mol. The van der Waals surface area contributed by atoms with Gasteiger partial charge in [-0.2, -0.15) is 5.10 Å². The molecule has 0 aliphatic carbocycles. The highest BCUT2D eigenvalue weighted by molar-refractivity contribution is 5.76. The van der Waals surface area contributed by atoms with Crippen LogP contribution in [0.5, 0.6) is 0 Å². The van der Waals surface area contributed by atoms with E-state index in [-0.39, 0.29) is 18.0 Å². The number of nitrogens with one attached hydrogen (secondary N) is 1. The van der Waals surface area contributed by atoms with E-state index in [0.717, 1.165) is 37.5 Å². The van der Waals surface area contributed by atoms with E-state index in [9.17, 15) is 9.59 Å². The van der Waals surface area contributed by atoms with Crippen molar-refractivity contribution in [2.24, 2.45) is 5.92 Å². The lowest BCUT2D eigenvalue weighted by molar-refractivity contribution is -0.125. The minimum atomic E-state index is -0.484. The van der Waals surface area contributed by atoms with Gasteiger partial charge < -0.3 is 15.0 Å². The van der Waals surface area contributed by atoms with Crippen LogP contribution in [-0.4, -0.2) is 57.9 Å². The fourth-order valence-corrected chi connectivity index (χ4v) is 4.33. The quantitative estimate of drug-likeness (QED) is 0.650. The van der Waals surface area contributed by atoms with Crippen molar-refractivity contribution in [3.8, 4) is 0 Å². The van der Waals surface area contributed by atoms with Gasteiger partial charge in [0.2, 0.25) is 5.91 Å². The molecule has 2 aromatic rings. The van der Waals surface area contributed by atoms with Crippen LogP contribution in [0.25, 0.3) is 0 Å². The minimum Gasteiger partial charge on any atom is -0.368 e. The standard InChI is InChI=1S/C23H33N5O3/c1-18-8-12-26(13-9-18)11-5-10-24-21(29)16-20-22-25-28(17-19-6-3-2-4-7-19)23(30)27(22)14-15-31-20/h2-4,6-7,18,20H,5,8-17H2,1H3,(H,24,29). The molecule has 8 nitrogen and oxygen atoms in total. The van der Waals surface area contributed by atoms with Crippen LogP contribution in [0.4, 0.5) is 0 Å². The Morgan fingerprint density at radius 2 is 1.97 bits per heavy atom. The van der Waals surface area contributed by atoms with Crippen LogP contribution in [0.15, 0.2) is 35.1 Å². The maximum atomic E-state index is 12.7. The summed E-state index contributed by atoms with van der Waals surface area (Å²) < 4.78 is 8.90. The van der Waals surface area contributed by atoms with E-state index in [1.807, 2.05) is 30.3 Å². The Morgan fingerprint density at radius 1 is 1.19 bits per heavy atom. The maximum Gasteiger partial charge on any atom is 0.346 e. The lowest BCUT2D eigenvalue weighted by atomic mass is 9.99. The van der Waals surface area contributed by atoms with Crippen LogP contribution in [0.2, 0.25) is 0 Å². The topological polar surface area (TPSA) is 81.4 Å². The number of aromatic nitrogens is 3. The second kappa shape index (κ2) is 10.2. The second-order valence-electron chi connectivity index (χ2n) is 8.73. The van der Waals surface area contributed by atoms with Gasteiger partial charge in [-0.25, -0.2) is 9.48 Å². The molecule has 1 saturated heterocycles. The predicted octanol–water partition coefficient (Wildman–Crippen LogP) is 1.79. The van der Waals surface area contributed by atoms with E-state index in [4.69, 9.17) is 4.74 Å². The molecule has 1 aromatic carbocycles. The zero-order chi connectivity index (χ0) is 21.6. The predicted molar refractivity (Wildman–Crippen MR) is 118 cm³/mol. The number of likely N-dealkylation sites (tertiary alicyclic amines) is 1.